The summed E-state index contributed by atoms with van der Waals surface area (Å²) in [6.07, 6.45) is 1.75. The maximum atomic E-state index is 6.25. The molecule has 0 bridgehead atoms. The summed E-state index contributed by atoms with van der Waals surface area (Å²) in [5.74, 6) is 0.848. The van der Waals surface area contributed by atoms with Crippen LogP contribution in [0.25, 0.3) is 0 Å². The topological polar surface area (TPSA) is 35.2 Å². The number of hydrogen-bond donors (Lipinski definition) is 1. The molecule has 0 aliphatic carbocycles. The Morgan fingerprint density at radius 2 is 1.65 bits per heavy atom. The average molecular weight is 334 g/mol. The van der Waals surface area contributed by atoms with Crippen LogP contribution in [0.4, 0.5) is 0 Å². The third kappa shape index (κ3) is 4.09. The number of rotatable bonds is 5. The SMILES string of the molecule is COc1ccc(CC(N)Cc2ccc(C)cc2)cc1Br. The van der Waals surface area contributed by atoms with E-state index in [0.717, 1.165) is 23.1 Å². The molecule has 0 saturated carbocycles. The zero-order valence-electron chi connectivity index (χ0n) is 11.9. The molecule has 0 fully saturated rings. The quantitative estimate of drug-likeness (QED) is 0.901. The fourth-order valence-electron chi connectivity index (χ4n) is 2.24. The number of aryl methyl sites for hydroxylation is 1. The maximum Gasteiger partial charge on any atom is 0.133 e. The summed E-state index contributed by atoms with van der Waals surface area (Å²) in [6, 6.07) is 14.8. The summed E-state index contributed by atoms with van der Waals surface area (Å²) in [7, 11) is 1.67. The van der Waals surface area contributed by atoms with Crippen molar-refractivity contribution in [1.29, 1.82) is 0 Å². The fourth-order valence-corrected chi connectivity index (χ4v) is 2.83. The van der Waals surface area contributed by atoms with E-state index in [9.17, 15) is 0 Å². The molecule has 3 heteroatoms. The number of halogens is 1. The molecule has 0 amide bonds. The second kappa shape index (κ2) is 6.91. The Balaban J connectivity index is 1.99. The Hall–Kier alpha value is -1.32. The van der Waals surface area contributed by atoms with Crippen LogP contribution in [0.5, 0.6) is 5.75 Å². The van der Waals surface area contributed by atoms with Gasteiger partial charge in [-0.05, 0) is 59.0 Å². The van der Waals surface area contributed by atoms with E-state index in [4.69, 9.17) is 10.5 Å². The van der Waals surface area contributed by atoms with Gasteiger partial charge in [0.25, 0.3) is 0 Å². The number of ether oxygens (including phenoxy) is 1. The monoisotopic (exact) mass is 333 g/mol. The van der Waals surface area contributed by atoms with E-state index in [1.165, 1.54) is 16.7 Å². The largest absolute Gasteiger partial charge is 0.496 e. The highest BCUT2D eigenvalue weighted by atomic mass is 79.9. The first-order valence-corrected chi connectivity index (χ1v) is 7.51. The van der Waals surface area contributed by atoms with Crippen LogP contribution >= 0.6 is 15.9 Å². The zero-order chi connectivity index (χ0) is 14.5. The van der Waals surface area contributed by atoms with Gasteiger partial charge in [-0.25, -0.2) is 0 Å². The molecule has 0 spiro atoms. The number of hydrogen-bond acceptors (Lipinski definition) is 2. The third-order valence-corrected chi connectivity index (χ3v) is 3.95. The maximum absolute atomic E-state index is 6.25. The highest BCUT2D eigenvalue weighted by Gasteiger charge is 2.08. The van der Waals surface area contributed by atoms with E-state index in [2.05, 4.69) is 59.3 Å². The second-order valence-electron chi connectivity index (χ2n) is 5.12. The van der Waals surface area contributed by atoms with Gasteiger partial charge in [0.2, 0.25) is 0 Å². The minimum absolute atomic E-state index is 0.123. The molecule has 0 aromatic heterocycles. The summed E-state index contributed by atoms with van der Waals surface area (Å²) >= 11 is 3.51. The Kier molecular flexibility index (Phi) is 5.21. The molecular formula is C17H20BrNO. The average Bonchev–Trinajstić information content (AvgIpc) is 2.41. The van der Waals surface area contributed by atoms with Crippen molar-refractivity contribution in [2.45, 2.75) is 25.8 Å². The van der Waals surface area contributed by atoms with Gasteiger partial charge in [-0.1, -0.05) is 35.9 Å². The van der Waals surface area contributed by atoms with Crippen LogP contribution in [0.3, 0.4) is 0 Å². The van der Waals surface area contributed by atoms with Crippen molar-refractivity contribution in [1.82, 2.24) is 0 Å². The van der Waals surface area contributed by atoms with Gasteiger partial charge in [0.05, 0.1) is 11.6 Å². The van der Waals surface area contributed by atoms with Gasteiger partial charge < -0.3 is 10.5 Å². The van der Waals surface area contributed by atoms with Crippen molar-refractivity contribution >= 4 is 15.9 Å². The molecule has 1 atom stereocenters. The van der Waals surface area contributed by atoms with E-state index in [0.29, 0.717) is 0 Å². The smallest absolute Gasteiger partial charge is 0.133 e. The first-order chi connectivity index (χ1) is 9.58. The van der Waals surface area contributed by atoms with Crippen LogP contribution in [-0.2, 0) is 12.8 Å². The normalized spacial score (nSPS) is 12.2. The molecule has 2 nitrogen and oxygen atoms in total. The van der Waals surface area contributed by atoms with Crippen LogP contribution in [0.2, 0.25) is 0 Å². The van der Waals surface area contributed by atoms with E-state index in [1.807, 2.05) is 6.07 Å². The minimum atomic E-state index is 0.123. The van der Waals surface area contributed by atoms with Gasteiger partial charge in [-0.2, -0.15) is 0 Å². The predicted molar refractivity (Wildman–Crippen MR) is 87.3 cm³/mol. The van der Waals surface area contributed by atoms with Crippen molar-refractivity contribution in [2.75, 3.05) is 7.11 Å². The van der Waals surface area contributed by atoms with Crippen molar-refractivity contribution in [3.05, 3.63) is 63.6 Å². The lowest BCUT2D eigenvalue weighted by Gasteiger charge is -2.13. The highest BCUT2D eigenvalue weighted by molar-refractivity contribution is 9.10. The summed E-state index contributed by atoms with van der Waals surface area (Å²) in [5.41, 5.74) is 10.0. The van der Waals surface area contributed by atoms with E-state index < -0.39 is 0 Å². The zero-order valence-corrected chi connectivity index (χ0v) is 13.5. The molecular weight excluding hydrogens is 314 g/mol. The lowest BCUT2D eigenvalue weighted by atomic mass is 9.99. The first kappa shape index (κ1) is 15.1. The molecule has 0 aliphatic heterocycles. The molecule has 0 heterocycles. The van der Waals surface area contributed by atoms with Crippen molar-refractivity contribution < 1.29 is 4.74 Å². The van der Waals surface area contributed by atoms with Crippen LogP contribution in [0, 0.1) is 6.92 Å². The van der Waals surface area contributed by atoms with Gasteiger partial charge in [-0.15, -0.1) is 0 Å². The lowest BCUT2D eigenvalue weighted by Crippen LogP contribution is -2.25. The van der Waals surface area contributed by atoms with Gasteiger partial charge in [-0.3, -0.25) is 0 Å². The fraction of sp³-hybridized carbons (Fsp3) is 0.294. The van der Waals surface area contributed by atoms with E-state index in [1.54, 1.807) is 7.11 Å². The Morgan fingerprint density at radius 3 is 2.25 bits per heavy atom. The Morgan fingerprint density at radius 1 is 1.05 bits per heavy atom. The van der Waals surface area contributed by atoms with E-state index in [-0.39, 0.29) is 6.04 Å². The van der Waals surface area contributed by atoms with Crippen molar-refractivity contribution in [3.8, 4) is 5.75 Å². The van der Waals surface area contributed by atoms with Gasteiger partial charge in [0, 0.05) is 6.04 Å². The molecule has 2 aromatic rings. The summed E-state index contributed by atoms with van der Waals surface area (Å²) in [5, 5.41) is 0. The van der Waals surface area contributed by atoms with Crippen molar-refractivity contribution in [2.24, 2.45) is 5.73 Å². The molecule has 106 valence electrons. The summed E-state index contributed by atoms with van der Waals surface area (Å²) < 4.78 is 6.21. The Bertz CT molecular complexity index is 566. The van der Waals surface area contributed by atoms with Crippen LogP contribution in [-0.4, -0.2) is 13.2 Å². The molecule has 0 radical (unpaired) electrons. The standard InChI is InChI=1S/C17H20BrNO/c1-12-3-5-13(6-4-12)9-15(19)10-14-7-8-17(20-2)16(18)11-14/h3-8,11,15H,9-10,19H2,1-2H3. The molecule has 2 rings (SSSR count). The third-order valence-electron chi connectivity index (χ3n) is 3.33. The number of methoxy groups -OCH3 is 1. The highest BCUT2D eigenvalue weighted by Crippen LogP contribution is 2.26. The van der Waals surface area contributed by atoms with Gasteiger partial charge in [0.1, 0.15) is 5.75 Å². The Labute approximate surface area is 129 Å². The molecule has 20 heavy (non-hydrogen) atoms. The number of nitrogens with two attached hydrogens (primary N) is 1. The molecule has 2 aromatic carbocycles. The molecule has 2 N–H and O–H groups in total. The van der Waals surface area contributed by atoms with Gasteiger partial charge >= 0.3 is 0 Å². The molecule has 0 saturated heterocycles. The summed E-state index contributed by atoms with van der Waals surface area (Å²) in [4.78, 5) is 0. The van der Waals surface area contributed by atoms with Crippen LogP contribution in [0.1, 0.15) is 16.7 Å². The van der Waals surface area contributed by atoms with Crippen LogP contribution < -0.4 is 10.5 Å². The van der Waals surface area contributed by atoms with Crippen LogP contribution in [0.15, 0.2) is 46.9 Å². The molecule has 0 aliphatic rings. The molecule has 1 unspecified atom stereocenters. The minimum Gasteiger partial charge on any atom is -0.496 e. The van der Waals surface area contributed by atoms with Gasteiger partial charge in [0.15, 0.2) is 0 Å². The van der Waals surface area contributed by atoms with E-state index >= 15 is 0 Å². The summed E-state index contributed by atoms with van der Waals surface area (Å²) in [6.45, 7) is 2.10. The lowest BCUT2D eigenvalue weighted by molar-refractivity contribution is 0.412. The second-order valence-corrected chi connectivity index (χ2v) is 5.98. The first-order valence-electron chi connectivity index (χ1n) is 6.72. The van der Waals surface area contributed by atoms with Crippen molar-refractivity contribution in [3.63, 3.8) is 0 Å². The number of benzene rings is 2. The predicted octanol–water partition coefficient (Wildman–Crippen LogP) is 3.88.